The normalized spacial score (nSPS) is 10.3. The molecule has 2 aromatic rings. The number of nitrogens with zero attached hydrogens (tertiary/aromatic N) is 1. The van der Waals surface area contributed by atoms with Gasteiger partial charge in [0.25, 0.3) is 0 Å². The van der Waals surface area contributed by atoms with E-state index >= 15 is 0 Å². The lowest BCUT2D eigenvalue weighted by Gasteiger charge is -2.09. The maximum atomic E-state index is 11.5. The molecular formula is C15H17N3O3. The van der Waals surface area contributed by atoms with Crippen LogP contribution in [0.2, 0.25) is 0 Å². The molecule has 6 heteroatoms. The molecule has 0 atom stereocenters. The van der Waals surface area contributed by atoms with E-state index in [2.05, 4.69) is 15.6 Å². The van der Waals surface area contributed by atoms with Crippen molar-refractivity contribution in [1.29, 1.82) is 0 Å². The summed E-state index contributed by atoms with van der Waals surface area (Å²) in [7, 11) is 0. The first-order chi connectivity index (χ1) is 10.1. The SMILES string of the molecule is CCCNC(=O)CNc1cc(C(=O)O)c2ccccc2n1. The van der Waals surface area contributed by atoms with E-state index in [0.29, 0.717) is 23.3 Å². The Balaban J connectivity index is 2.21. The van der Waals surface area contributed by atoms with Gasteiger partial charge in [-0.15, -0.1) is 0 Å². The second kappa shape index (κ2) is 6.69. The number of carboxylic acid groups (broad SMARTS) is 1. The van der Waals surface area contributed by atoms with Gasteiger partial charge >= 0.3 is 5.97 Å². The molecule has 1 heterocycles. The van der Waals surface area contributed by atoms with E-state index in [-0.39, 0.29) is 18.0 Å². The van der Waals surface area contributed by atoms with Crippen LogP contribution in [0.3, 0.4) is 0 Å². The van der Waals surface area contributed by atoms with Crippen LogP contribution in [-0.4, -0.2) is 35.1 Å². The summed E-state index contributed by atoms with van der Waals surface area (Å²) < 4.78 is 0. The van der Waals surface area contributed by atoms with E-state index < -0.39 is 5.97 Å². The van der Waals surface area contributed by atoms with Crippen molar-refractivity contribution in [2.45, 2.75) is 13.3 Å². The van der Waals surface area contributed by atoms with Crippen molar-refractivity contribution in [2.24, 2.45) is 0 Å². The summed E-state index contributed by atoms with van der Waals surface area (Å²) in [5, 5.41) is 15.4. The molecule has 3 N–H and O–H groups in total. The van der Waals surface area contributed by atoms with Crippen LogP contribution in [0, 0.1) is 0 Å². The van der Waals surface area contributed by atoms with Gasteiger partial charge in [0.1, 0.15) is 5.82 Å². The van der Waals surface area contributed by atoms with Crippen molar-refractivity contribution in [3.05, 3.63) is 35.9 Å². The van der Waals surface area contributed by atoms with E-state index in [9.17, 15) is 14.7 Å². The number of amides is 1. The molecular weight excluding hydrogens is 270 g/mol. The van der Waals surface area contributed by atoms with Crippen LogP contribution in [0.25, 0.3) is 10.9 Å². The molecule has 110 valence electrons. The predicted octanol–water partition coefficient (Wildman–Crippen LogP) is 1.87. The average molecular weight is 287 g/mol. The molecule has 0 fully saturated rings. The minimum absolute atomic E-state index is 0.0599. The number of pyridine rings is 1. The van der Waals surface area contributed by atoms with Gasteiger partial charge in [-0.2, -0.15) is 0 Å². The first kappa shape index (κ1) is 14.8. The Labute approximate surface area is 122 Å². The van der Waals surface area contributed by atoms with Gasteiger partial charge in [-0.05, 0) is 18.6 Å². The van der Waals surface area contributed by atoms with Crippen LogP contribution >= 0.6 is 0 Å². The Bertz CT molecular complexity index is 670. The predicted molar refractivity (Wildman–Crippen MR) is 80.5 cm³/mol. The Kier molecular flexibility index (Phi) is 4.71. The molecule has 0 unspecified atom stereocenters. The molecule has 0 aliphatic heterocycles. The molecule has 1 aromatic carbocycles. The second-order valence-electron chi connectivity index (χ2n) is 4.58. The Morgan fingerprint density at radius 2 is 2.05 bits per heavy atom. The molecule has 21 heavy (non-hydrogen) atoms. The summed E-state index contributed by atoms with van der Waals surface area (Å²) in [6.07, 6.45) is 0.864. The first-order valence-corrected chi connectivity index (χ1v) is 6.75. The smallest absolute Gasteiger partial charge is 0.336 e. The summed E-state index contributed by atoms with van der Waals surface area (Å²) in [5.74, 6) is -0.798. The summed E-state index contributed by atoms with van der Waals surface area (Å²) in [6, 6.07) is 8.45. The number of para-hydroxylation sites is 1. The van der Waals surface area contributed by atoms with Crippen LogP contribution in [0.5, 0.6) is 0 Å². The lowest BCUT2D eigenvalue weighted by Crippen LogP contribution is -2.30. The van der Waals surface area contributed by atoms with Gasteiger partial charge in [0.05, 0.1) is 17.6 Å². The highest BCUT2D eigenvalue weighted by atomic mass is 16.4. The van der Waals surface area contributed by atoms with Gasteiger partial charge in [-0.1, -0.05) is 25.1 Å². The van der Waals surface area contributed by atoms with Crippen molar-refractivity contribution < 1.29 is 14.7 Å². The van der Waals surface area contributed by atoms with Crippen molar-refractivity contribution >= 4 is 28.6 Å². The van der Waals surface area contributed by atoms with Crippen LogP contribution in [0.15, 0.2) is 30.3 Å². The molecule has 0 radical (unpaired) electrons. The largest absolute Gasteiger partial charge is 0.478 e. The van der Waals surface area contributed by atoms with E-state index in [1.54, 1.807) is 24.3 Å². The first-order valence-electron chi connectivity index (χ1n) is 6.75. The Morgan fingerprint density at radius 1 is 1.29 bits per heavy atom. The fourth-order valence-electron chi connectivity index (χ4n) is 1.94. The Morgan fingerprint density at radius 3 is 2.76 bits per heavy atom. The number of anilines is 1. The van der Waals surface area contributed by atoms with Crippen molar-refractivity contribution in [3.63, 3.8) is 0 Å². The Hall–Kier alpha value is -2.63. The zero-order chi connectivity index (χ0) is 15.2. The number of hydrogen-bond acceptors (Lipinski definition) is 4. The zero-order valence-corrected chi connectivity index (χ0v) is 11.7. The molecule has 0 bridgehead atoms. The van der Waals surface area contributed by atoms with Crippen molar-refractivity contribution in [1.82, 2.24) is 10.3 Å². The molecule has 0 aliphatic carbocycles. The number of carbonyl (C=O) groups is 2. The highest BCUT2D eigenvalue weighted by molar-refractivity contribution is 6.03. The third-order valence-corrected chi connectivity index (χ3v) is 2.95. The van der Waals surface area contributed by atoms with Crippen LogP contribution < -0.4 is 10.6 Å². The number of nitrogens with one attached hydrogen (secondary N) is 2. The van der Waals surface area contributed by atoms with Crippen LogP contribution in [0.4, 0.5) is 5.82 Å². The summed E-state index contributed by atoms with van der Waals surface area (Å²) in [4.78, 5) is 27.2. The third kappa shape index (κ3) is 3.68. The summed E-state index contributed by atoms with van der Waals surface area (Å²) in [5.41, 5.74) is 0.742. The van der Waals surface area contributed by atoms with E-state index in [0.717, 1.165) is 6.42 Å². The number of aromatic carboxylic acids is 1. The number of rotatable bonds is 6. The highest BCUT2D eigenvalue weighted by Crippen LogP contribution is 2.20. The molecule has 1 aromatic heterocycles. The molecule has 0 aliphatic rings. The van der Waals surface area contributed by atoms with Crippen molar-refractivity contribution in [3.8, 4) is 0 Å². The minimum atomic E-state index is -1.02. The number of aromatic nitrogens is 1. The van der Waals surface area contributed by atoms with Crippen LogP contribution in [0.1, 0.15) is 23.7 Å². The van der Waals surface area contributed by atoms with E-state index in [1.807, 2.05) is 6.92 Å². The standard InChI is InChI=1S/C15H17N3O3/c1-2-7-16-14(19)9-17-13-8-11(15(20)21)10-5-3-4-6-12(10)18-13/h3-6,8H,2,7,9H2,1H3,(H,16,19)(H,17,18)(H,20,21). The van der Waals surface area contributed by atoms with Gasteiger partial charge in [0.15, 0.2) is 0 Å². The number of benzene rings is 1. The fourth-order valence-corrected chi connectivity index (χ4v) is 1.94. The zero-order valence-electron chi connectivity index (χ0n) is 11.7. The van der Waals surface area contributed by atoms with Gasteiger partial charge in [-0.25, -0.2) is 9.78 Å². The average Bonchev–Trinajstić information content (AvgIpc) is 2.49. The maximum absolute atomic E-state index is 11.5. The maximum Gasteiger partial charge on any atom is 0.336 e. The quantitative estimate of drug-likeness (QED) is 0.754. The molecule has 0 saturated heterocycles. The lowest BCUT2D eigenvalue weighted by molar-refractivity contribution is -0.119. The molecule has 2 rings (SSSR count). The van der Waals surface area contributed by atoms with Gasteiger partial charge in [0.2, 0.25) is 5.91 Å². The fraction of sp³-hybridized carbons (Fsp3) is 0.267. The van der Waals surface area contributed by atoms with E-state index in [1.165, 1.54) is 6.07 Å². The number of fused-ring (bicyclic) bond motifs is 1. The molecule has 0 spiro atoms. The second-order valence-corrected chi connectivity index (χ2v) is 4.58. The lowest BCUT2D eigenvalue weighted by atomic mass is 10.1. The van der Waals surface area contributed by atoms with Crippen LogP contribution in [-0.2, 0) is 4.79 Å². The minimum Gasteiger partial charge on any atom is -0.478 e. The van der Waals surface area contributed by atoms with Gasteiger partial charge in [-0.3, -0.25) is 4.79 Å². The number of carboxylic acids is 1. The number of hydrogen-bond donors (Lipinski definition) is 3. The topological polar surface area (TPSA) is 91.3 Å². The van der Waals surface area contributed by atoms with Gasteiger partial charge < -0.3 is 15.7 Å². The molecule has 1 amide bonds. The third-order valence-electron chi connectivity index (χ3n) is 2.95. The molecule has 6 nitrogen and oxygen atoms in total. The van der Waals surface area contributed by atoms with Gasteiger partial charge in [0, 0.05) is 11.9 Å². The number of carbonyl (C=O) groups excluding carboxylic acids is 1. The van der Waals surface area contributed by atoms with Crippen molar-refractivity contribution in [2.75, 3.05) is 18.4 Å². The molecule has 0 saturated carbocycles. The van der Waals surface area contributed by atoms with E-state index in [4.69, 9.17) is 0 Å². The monoisotopic (exact) mass is 287 g/mol. The summed E-state index contributed by atoms with van der Waals surface area (Å²) >= 11 is 0. The summed E-state index contributed by atoms with van der Waals surface area (Å²) in [6.45, 7) is 2.65. The highest BCUT2D eigenvalue weighted by Gasteiger charge is 2.11.